The van der Waals surface area contributed by atoms with Gasteiger partial charge in [0.05, 0.1) is 20.8 Å². The molecule has 6 heteroatoms. The summed E-state index contributed by atoms with van der Waals surface area (Å²) in [5.41, 5.74) is 2.80. The predicted molar refractivity (Wildman–Crippen MR) is 94.5 cm³/mol. The summed E-state index contributed by atoms with van der Waals surface area (Å²) in [6.45, 7) is 2.06. The Morgan fingerprint density at radius 2 is 1.96 bits per heavy atom. The number of carbonyl (C=O) groups is 1. The molecule has 0 saturated carbocycles. The Morgan fingerprint density at radius 3 is 2.76 bits per heavy atom. The second kappa shape index (κ2) is 6.12. The van der Waals surface area contributed by atoms with E-state index in [2.05, 4.69) is 16.0 Å². The molecule has 1 aliphatic heterocycles. The summed E-state index contributed by atoms with van der Waals surface area (Å²) >= 11 is 0. The number of methoxy groups -OCH3 is 2. The number of nitrogens with zero attached hydrogens (tertiary/aromatic N) is 2. The molecule has 6 nitrogen and oxygen atoms in total. The first-order chi connectivity index (χ1) is 12.2. The van der Waals surface area contributed by atoms with Crippen LogP contribution in [-0.2, 0) is 13.1 Å². The van der Waals surface area contributed by atoms with Crippen molar-refractivity contribution in [1.82, 2.24) is 4.57 Å². The Balaban J connectivity index is 1.71. The van der Waals surface area contributed by atoms with Crippen molar-refractivity contribution < 1.29 is 18.8 Å². The van der Waals surface area contributed by atoms with Crippen molar-refractivity contribution in [2.75, 3.05) is 26.1 Å². The zero-order valence-corrected chi connectivity index (χ0v) is 14.3. The first kappa shape index (κ1) is 15.5. The Bertz CT molecular complexity index is 962. The van der Waals surface area contributed by atoms with Gasteiger partial charge in [-0.2, -0.15) is 0 Å². The monoisotopic (exact) mass is 338 g/mol. The van der Waals surface area contributed by atoms with Crippen LogP contribution in [0, 0.1) is 0 Å². The van der Waals surface area contributed by atoms with Gasteiger partial charge in [-0.15, -0.1) is 0 Å². The molecule has 0 amide bonds. The lowest BCUT2D eigenvalue weighted by Crippen LogP contribution is -2.29. The van der Waals surface area contributed by atoms with E-state index in [4.69, 9.17) is 9.47 Å². The van der Waals surface area contributed by atoms with Crippen LogP contribution in [0.1, 0.15) is 10.4 Å². The average Bonchev–Trinajstić information content (AvgIpc) is 3.24. The van der Waals surface area contributed by atoms with Crippen molar-refractivity contribution in [1.29, 1.82) is 0 Å². The lowest BCUT2D eigenvalue weighted by Gasteiger charge is -2.09. The number of rotatable bonds is 5. The molecule has 0 atom stereocenters. The van der Waals surface area contributed by atoms with Gasteiger partial charge in [-0.05, 0) is 30.3 Å². The number of para-hydroxylation sites is 2. The molecule has 0 saturated heterocycles. The van der Waals surface area contributed by atoms with Gasteiger partial charge in [0.1, 0.15) is 24.1 Å². The number of hydrogen-bond donors (Lipinski definition) is 1. The molecular weight excluding hydrogens is 318 g/mol. The molecule has 1 aromatic heterocycles. The zero-order valence-electron chi connectivity index (χ0n) is 14.3. The first-order valence-corrected chi connectivity index (χ1v) is 8.23. The van der Waals surface area contributed by atoms with Gasteiger partial charge in [-0.1, -0.05) is 12.1 Å². The van der Waals surface area contributed by atoms with Crippen LogP contribution in [0.25, 0.3) is 11.0 Å². The first-order valence-electron chi connectivity index (χ1n) is 8.23. The molecule has 2 aromatic carbocycles. The van der Waals surface area contributed by atoms with Crippen molar-refractivity contribution >= 4 is 22.8 Å². The number of aromatic nitrogens is 2. The van der Waals surface area contributed by atoms with E-state index in [1.54, 1.807) is 32.4 Å². The molecule has 0 aliphatic carbocycles. The summed E-state index contributed by atoms with van der Waals surface area (Å²) in [4.78, 5) is 12.9. The zero-order chi connectivity index (χ0) is 17.4. The Hall–Kier alpha value is -3.02. The fourth-order valence-electron chi connectivity index (χ4n) is 3.40. The van der Waals surface area contributed by atoms with Crippen LogP contribution >= 0.6 is 0 Å². The fourth-order valence-corrected chi connectivity index (χ4v) is 3.40. The van der Waals surface area contributed by atoms with Gasteiger partial charge >= 0.3 is 5.95 Å². The lowest BCUT2D eigenvalue weighted by atomic mass is 10.1. The molecule has 1 N–H and O–H groups in total. The highest BCUT2D eigenvalue weighted by Crippen LogP contribution is 2.28. The molecule has 128 valence electrons. The summed E-state index contributed by atoms with van der Waals surface area (Å²) in [5, 5.41) is 3.38. The third-order valence-corrected chi connectivity index (χ3v) is 4.60. The highest BCUT2D eigenvalue weighted by atomic mass is 16.5. The average molecular weight is 338 g/mol. The summed E-state index contributed by atoms with van der Waals surface area (Å²) in [6.07, 6.45) is 0. The van der Waals surface area contributed by atoms with Gasteiger partial charge in [-0.3, -0.25) is 10.1 Å². The molecule has 0 bridgehead atoms. The number of hydrogen-bond acceptors (Lipinski definition) is 4. The molecule has 2 heterocycles. The molecule has 0 spiro atoms. The van der Waals surface area contributed by atoms with E-state index in [-0.39, 0.29) is 12.3 Å². The van der Waals surface area contributed by atoms with Crippen molar-refractivity contribution in [2.45, 2.75) is 13.1 Å². The number of carbonyl (C=O) groups excluding carboxylic acids is 1. The molecule has 1 aliphatic rings. The number of ketones is 1. The third-order valence-electron chi connectivity index (χ3n) is 4.60. The smallest absolute Gasteiger partial charge is 0.359 e. The molecule has 0 unspecified atom stereocenters. The van der Waals surface area contributed by atoms with E-state index in [1.165, 1.54) is 0 Å². The quantitative estimate of drug-likeness (QED) is 0.573. The van der Waals surface area contributed by atoms with Gasteiger partial charge in [0.25, 0.3) is 0 Å². The minimum absolute atomic E-state index is 0.0267. The van der Waals surface area contributed by atoms with Gasteiger partial charge in [-0.25, -0.2) is 9.13 Å². The Morgan fingerprint density at radius 1 is 1.16 bits per heavy atom. The second-order valence-electron chi connectivity index (χ2n) is 5.97. The van der Waals surface area contributed by atoms with E-state index < -0.39 is 0 Å². The van der Waals surface area contributed by atoms with Crippen molar-refractivity contribution in [2.24, 2.45) is 0 Å². The lowest BCUT2D eigenvalue weighted by molar-refractivity contribution is -0.644. The maximum Gasteiger partial charge on any atom is 0.359 e. The van der Waals surface area contributed by atoms with E-state index in [9.17, 15) is 4.79 Å². The standard InChI is InChI=1S/C19H19N3O3/c1-24-17-8-7-13(11-18(17)25-2)16(23)12-22-15-6-4-3-5-14(15)21-10-9-20-19(21)22/h3-8,11H,9-10,12H2,1-2H3/p+1. The van der Waals surface area contributed by atoms with Crippen LogP contribution in [0.3, 0.4) is 0 Å². The molecule has 3 aromatic rings. The van der Waals surface area contributed by atoms with Crippen molar-refractivity contribution in [3.05, 3.63) is 48.0 Å². The molecule has 0 fully saturated rings. The van der Waals surface area contributed by atoms with E-state index >= 15 is 0 Å². The number of anilines is 1. The number of imidazole rings is 1. The maximum absolute atomic E-state index is 12.9. The fraction of sp³-hybridized carbons (Fsp3) is 0.263. The van der Waals surface area contributed by atoms with E-state index in [0.29, 0.717) is 17.1 Å². The van der Waals surface area contributed by atoms with E-state index in [1.807, 2.05) is 22.8 Å². The Kier molecular flexibility index (Phi) is 3.80. The topological polar surface area (TPSA) is 56.4 Å². The Labute approximate surface area is 145 Å². The van der Waals surface area contributed by atoms with Crippen LogP contribution in [0.5, 0.6) is 11.5 Å². The number of nitrogens with one attached hydrogen (secondary N) is 1. The van der Waals surface area contributed by atoms with Gasteiger partial charge in [0.2, 0.25) is 0 Å². The molecule has 0 radical (unpaired) electrons. The molecule has 4 rings (SSSR count). The van der Waals surface area contributed by atoms with Gasteiger partial charge in [0.15, 0.2) is 17.3 Å². The number of ether oxygens (including phenoxy) is 2. The van der Waals surface area contributed by atoms with E-state index in [0.717, 1.165) is 30.1 Å². The predicted octanol–water partition coefficient (Wildman–Crippen LogP) is 2.25. The minimum atomic E-state index is 0.0267. The van der Waals surface area contributed by atoms with Gasteiger partial charge in [0, 0.05) is 5.56 Å². The highest BCUT2D eigenvalue weighted by Gasteiger charge is 2.29. The second-order valence-corrected chi connectivity index (χ2v) is 5.97. The third kappa shape index (κ3) is 2.50. The minimum Gasteiger partial charge on any atom is -0.493 e. The SMILES string of the molecule is COc1ccc(C(=O)Cn2c3[n+](c4ccccc42)CCN3)cc1OC. The van der Waals surface area contributed by atoms with Gasteiger partial charge < -0.3 is 9.47 Å². The summed E-state index contributed by atoms with van der Waals surface area (Å²) in [5.74, 6) is 2.18. The normalized spacial score (nSPS) is 12.7. The number of fused-ring (bicyclic) bond motifs is 3. The van der Waals surface area contributed by atoms with Crippen LogP contribution in [-0.4, -0.2) is 31.1 Å². The largest absolute Gasteiger partial charge is 0.493 e. The van der Waals surface area contributed by atoms with Crippen LogP contribution < -0.4 is 19.4 Å². The molecule has 25 heavy (non-hydrogen) atoms. The molecular formula is C19H20N3O3+. The van der Waals surface area contributed by atoms with Crippen molar-refractivity contribution in [3.8, 4) is 11.5 Å². The number of benzene rings is 2. The summed E-state index contributed by atoms with van der Waals surface area (Å²) < 4.78 is 14.8. The summed E-state index contributed by atoms with van der Waals surface area (Å²) in [7, 11) is 3.15. The maximum atomic E-state index is 12.9. The number of Topliss-reactive ketones (excluding diaryl/α,β-unsaturated/α-hetero) is 1. The van der Waals surface area contributed by atoms with Crippen LogP contribution in [0.4, 0.5) is 5.95 Å². The van der Waals surface area contributed by atoms with Crippen molar-refractivity contribution in [3.63, 3.8) is 0 Å². The summed E-state index contributed by atoms with van der Waals surface area (Å²) in [6, 6.07) is 13.4. The van der Waals surface area contributed by atoms with Crippen LogP contribution in [0.2, 0.25) is 0 Å². The highest BCUT2D eigenvalue weighted by molar-refractivity contribution is 5.97. The van der Waals surface area contributed by atoms with Crippen LogP contribution in [0.15, 0.2) is 42.5 Å².